The van der Waals surface area contributed by atoms with Crippen LogP contribution in [0.15, 0.2) is 109 Å². The molecule has 1 aliphatic rings. The molecule has 4 amide bonds. The first-order chi connectivity index (χ1) is 21.8. The number of alkyl carbamates (subject to hydrolysis) is 1. The van der Waals surface area contributed by atoms with Crippen molar-refractivity contribution in [3.05, 3.63) is 131 Å². The summed E-state index contributed by atoms with van der Waals surface area (Å²) >= 11 is 0. The first-order valence-corrected chi connectivity index (χ1v) is 14.6. The van der Waals surface area contributed by atoms with Crippen LogP contribution < -0.4 is 16.1 Å². The molecule has 45 heavy (non-hydrogen) atoms. The standard InChI is InChI=1S/C35H34N4O6/c1-23(33(41)42)36-34(43)39(21-25-14-6-3-7-15-25)38-32(40)31(20-24-12-4-2-5-13-24)37-35(44)45-22-30-28-18-10-8-16-26(28)27-17-9-11-19-29(27)30/h2-19,23,30-31H,20-22H2,1H3,(H,36,43)(H,37,44)(H,38,40)(H,41,42)/t23-,31-/m0/s1. The zero-order chi connectivity index (χ0) is 31.8. The van der Waals surface area contributed by atoms with Crippen molar-refractivity contribution < 1.29 is 29.0 Å². The maximum atomic E-state index is 13.7. The molecule has 4 N–H and O–H groups in total. The molecule has 0 heterocycles. The van der Waals surface area contributed by atoms with Gasteiger partial charge in [0.25, 0.3) is 5.91 Å². The molecule has 0 saturated carbocycles. The number of hydrogen-bond acceptors (Lipinski definition) is 5. The van der Waals surface area contributed by atoms with E-state index in [4.69, 9.17) is 4.74 Å². The molecule has 1 aliphatic carbocycles. The summed E-state index contributed by atoms with van der Waals surface area (Å²) in [4.78, 5) is 51.3. The van der Waals surface area contributed by atoms with Gasteiger partial charge >= 0.3 is 18.1 Å². The number of urea groups is 1. The highest BCUT2D eigenvalue weighted by Gasteiger charge is 2.31. The number of ether oxygens (including phenoxy) is 1. The fourth-order valence-electron chi connectivity index (χ4n) is 5.31. The molecular weight excluding hydrogens is 572 g/mol. The summed E-state index contributed by atoms with van der Waals surface area (Å²) in [6.45, 7) is 1.34. The van der Waals surface area contributed by atoms with Crippen molar-refractivity contribution in [3.63, 3.8) is 0 Å². The second-order valence-corrected chi connectivity index (χ2v) is 10.8. The minimum Gasteiger partial charge on any atom is -0.480 e. The van der Waals surface area contributed by atoms with Crippen molar-refractivity contribution in [1.82, 2.24) is 21.1 Å². The van der Waals surface area contributed by atoms with Gasteiger partial charge in [-0.05, 0) is 40.3 Å². The summed E-state index contributed by atoms with van der Waals surface area (Å²) in [6.07, 6.45) is -0.671. The Kier molecular flexibility index (Phi) is 9.74. The molecule has 0 aliphatic heterocycles. The Hall–Kier alpha value is -5.64. The van der Waals surface area contributed by atoms with E-state index in [-0.39, 0.29) is 25.5 Å². The summed E-state index contributed by atoms with van der Waals surface area (Å²) in [7, 11) is 0. The summed E-state index contributed by atoms with van der Waals surface area (Å²) < 4.78 is 5.70. The van der Waals surface area contributed by atoms with Crippen molar-refractivity contribution in [2.75, 3.05) is 6.61 Å². The van der Waals surface area contributed by atoms with Crippen molar-refractivity contribution in [1.29, 1.82) is 0 Å². The third kappa shape index (κ3) is 7.66. The van der Waals surface area contributed by atoms with Gasteiger partial charge in [-0.2, -0.15) is 0 Å². The number of fused-ring (bicyclic) bond motifs is 3. The number of hydrogen-bond donors (Lipinski definition) is 4. The number of carboxylic acids is 1. The van der Waals surface area contributed by atoms with Gasteiger partial charge in [-0.3, -0.25) is 15.0 Å². The summed E-state index contributed by atoms with van der Waals surface area (Å²) in [5.74, 6) is -2.07. The maximum absolute atomic E-state index is 13.7. The number of benzene rings is 4. The monoisotopic (exact) mass is 606 g/mol. The van der Waals surface area contributed by atoms with E-state index >= 15 is 0 Å². The van der Waals surface area contributed by atoms with Gasteiger partial charge in [-0.1, -0.05) is 109 Å². The number of carbonyl (C=O) groups is 4. The minimum absolute atomic E-state index is 0.0479. The molecule has 0 radical (unpaired) electrons. The van der Waals surface area contributed by atoms with Gasteiger partial charge in [-0.15, -0.1) is 0 Å². The molecule has 0 unspecified atom stereocenters. The smallest absolute Gasteiger partial charge is 0.407 e. The van der Waals surface area contributed by atoms with E-state index in [1.54, 1.807) is 24.3 Å². The van der Waals surface area contributed by atoms with E-state index in [2.05, 4.69) is 16.1 Å². The topological polar surface area (TPSA) is 137 Å². The van der Waals surface area contributed by atoms with Crippen molar-refractivity contribution in [2.24, 2.45) is 0 Å². The van der Waals surface area contributed by atoms with Gasteiger partial charge in [0.2, 0.25) is 0 Å². The van der Waals surface area contributed by atoms with Crippen LogP contribution in [0.4, 0.5) is 9.59 Å². The van der Waals surface area contributed by atoms with Crippen LogP contribution in [-0.2, 0) is 27.3 Å². The van der Waals surface area contributed by atoms with E-state index in [0.29, 0.717) is 5.56 Å². The number of carboxylic acid groups (broad SMARTS) is 1. The van der Waals surface area contributed by atoms with Crippen LogP contribution in [0.2, 0.25) is 0 Å². The second-order valence-electron chi connectivity index (χ2n) is 10.8. The fraction of sp³-hybridized carbons (Fsp3) is 0.200. The molecule has 4 aromatic carbocycles. The highest BCUT2D eigenvalue weighted by molar-refractivity contribution is 5.89. The second kappa shape index (κ2) is 14.2. The Labute approximate surface area is 261 Å². The van der Waals surface area contributed by atoms with E-state index < -0.39 is 36.1 Å². The quantitative estimate of drug-likeness (QED) is 0.191. The van der Waals surface area contributed by atoms with Crippen LogP contribution in [0.1, 0.15) is 35.1 Å². The molecule has 0 saturated heterocycles. The minimum atomic E-state index is -1.23. The molecular formula is C35H34N4O6. The van der Waals surface area contributed by atoms with Gasteiger partial charge in [-0.25, -0.2) is 14.6 Å². The molecule has 10 nitrogen and oxygen atoms in total. The van der Waals surface area contributed by atoms with Crippen LogP contribution in [0, 0.1) is 0 Å². The van der Waals surface area contributed by atoms with Crippen molar-refractivity contribution in [3.8, 4) is 11.1 Å². The summed E-state index contributed by atoms with van der Waals surface area (Å²) in [5.41, 5.74) is 8.35. The summed E-state index contributed by atoms with van der Waals surface area (Å²) in [5, 5.41) is 15.3. The van der Waals surface area contributed by atoms with Crippen molar-refractivity contribution in [2.45, 2.75) is 37.9 Å². The molecule has 0 bridgehead atoms. The highest BCUT2D eigenvalue weighted by atomic mass is 16.5. The average Bonchev–Trinajstić information content (AvgIpc) is 3.37. The van der Waals surface area contributed by atoms with E-state index in [9.17, 15) is 24.3 Å². The Morgan fingerprint density at radius 3 is 1.87 bits per heavy atom. The first kappa shape index (κ1) is 30.8. The molecule has 0 aromatic heterocycles. The molecule has 2 atom stereocenters. The van der Waals surface area contributed by atoms with Crippen LogP contribution in [0.3, 0.4) is 0 Å². The highest BCUT2D eigenvalue weighted by Crippen LogP contribution is 2.44. The SMILES string of the molecule is C[C@H](NC(=O)N(Cc1ccccc1)NC(=O)[C@H](Cc1ccccc1)NC(=O)OCC1c2ccccc2-c2ccccc21)C(=O)O. The van der Waals surface area contributed by atoms with E-state index in [0.717, 1.165) is 32.8 Å². The van der Waals surface area contributed by atoms with Gasteiger partial charge in [0.15, 0.2) is 0 Å². The Bertz CT molecular complexity index is 1620. The third-order valence-electron chi connectivity index (χ3n) is 7.62. The lowest BCUT2D eigenvalue weighted by molar-refractivity contribution is -0.138. The largest absolute Gasteiger partial charge is 0.480 e. The van der Waals surface area contributed by atoms with Gasteiger partial charge in [0, 0.05) is 12.3 Å². The normalized spacial score (nSPS) is 13.0. The Balaban J connectivity index is 1.31. The number of rotatable bonds is 10. The zero-order valence-corrected chi connectivity index (χ0v) is 24.7. The van der Waals surface area contributed by atoms with Gasteiger partial charge in [0.05, 0.1) is 6.54 Å². The number of amides is 4. The van der Waals surface area contributed by atoms with Gasteiger partial charge < -0.3 is 20.5 Å². The van der Waals surface area contributed by atoms with E-state index in [1.807, 2.05) is 84.9 Å². The van der Waals surface area contributed by atoms with Crippen molar-refractivity contribution >= 4 is 24.0 Å². The molecule has 4 aromatic rings. The molecule has 10 heteroatoms. The van der Waals surface area contributed by atoms with Crippen LogP contribution in [0.5, 0.6) is 0 Å². The van der Waals surface area contributed by atoms with Crippen LogP contribution in [-0.4, -0.2) is 52.8 Å². The molecule has 0 fully saturated rings. The first-order valence-electron chi connectivity index (χ1n) is 14.6. The summed E-state index contributed by atoms with van der Waals surface area (Å²) in [6, 6.07) is 30.9. The third-order valence-corrected chi connectivity index (χ3v) is 7.62. The van der Waals surface area contributed by atoms with Crippen LogP contribution in [0.25, 0.3) is 11.1 Å². The fourth-order valence-corrected chi connectivity index (χ4v) is 5.31. The average molecular weight is 607 g/mol. The predicted molar refractivity (Wildman–Crippen MR) is 168 cm³/mol. The number of nitrogens with one attached hydrogen (secondary N) is 3. The number of carbonyl (C=O) groups excluding carboxylic acids is 3. The van der Waals surface area contributed by atoms with Gasteiger partial charge in [0.1, 0.15) is 18.7 Å². The molecule has 230 valence electrons. The molecule has 0 spiro atoms. The lowest BCUT2D eigenvalue weighted by atomic mass is 9.98. The zero-order valence-electron chi connectivity index (χ0n) is 24.7. The molecule has 5 rings (SSSR count). The Morgan fingerprint density at radius 2 is 1.29 bits per heavy atom. The number of hydrazine groups is 1. The predicted octanol–water partition coefficient (Wildman–Crippen LogP) is 4.85. The maximum Gasteiger partial charge on any atom is 0.407 e. The lowest BCUT2D eigenvalue weighted by Crippen LogP contribution is -2.58. The lowest BCUT2D eigenvalue weighted by Gasteiger charge is -2.27. The Morgan fingerprint density at radius 1 is 0.756 bits per heavy atom. The number of nitrogens with zero attached hydrogens (tertiary/aromatic N) is 1. The number of aliphatic carboxylic acids is 1. The van der Waals surface area contributed by atoms with Crippen LogP contribution >= 0.6 is 0 Å². The van der Waals surface area contributed by atoms with E-state index in [1.165, 1.54) is 6.92 Å².